The Balaban J connectivity index is 1.62. The number of thiocarbonyl (C=S) groups is 1. The minimum absolute atomic E-state index is 0.284. The second-order valence-corrected chi connectivity index (χ2v) is 7.27. The van der Waals surface area contributed by atoms with Gasteiger partial charge in [-0.2, -0.15) is 0 Å². The van der Waals surface area contributed by atoms with Gasteiger partial charge < -0.3 is 14.8 Å². The fourth-order valence-corrected chi connectivity index (χ4v) is 3.33. The van der Waals surface area contributed by atoms with Gasteiger partial charge in [0.2, 0.25) is 0 Å². The van der Waals surface area contributed by atoms with Gasteiger partial charge in [0.05, 0.1) is 7.11 Å². The molecule has 1 N–H and O–H groups in total. The molecule has 144 valence electrons. The molecule has 0 bridgehead atoms. The van der Waals surface area contributed by atoms with E-state index in [1.165, 1.54) is 0 Å². The summed E-state index contributed by atoms with van der Waals surface area (Å²) in [6.45, 7) is 0.891. The Hall–Kier alpha value is -2.27. The molecular weight excluding hydrogens is 413 g/mol. The van der Waals surface area contributed by atoms with E-state index in [0.29, 0.717) is 27.3 Å². The molecule has 3 nitrogen and oxygen atoms in total. The lowest BCUT2D eigenvalue weighted by Crippen LogP contribution is -2.21. The van der Waals surface area contributed by atoms with E-state index in [0.717, 1.165) is 22.4 Å². The molecular formula is C22H19Cl2NO2S. The molecule has 28 heavy (non-hydrogen) atoms. The average Bonchev–Trinajstić information content (AvgIpc) is 2.72. The molecule has 0 saturated carbocycles. The summed E-state index contributed by atoms with van der Waals surface area (Å²) in [6.07, 6.45) is 0. The zero-order valence-electron chi connectivity index (χ0n) is 15.2. The number of methoxy groups -OCH3 is 1. The molecule has 0 aliphatic carbocycles. The fraction of sp³-hybridized carbons (Fsp3) is 0.136. The quantitative estimate of drug-likeness (QED) is 0.461. The smallest absolute Gasteiger partial charge is 0.120 e. The van der Waals surface area contributed by atoms with Crippen LogP contribution in [-0.4, -0.2) is 12.1 Å². The highest BCUT2D eigenvalue weighted by Gasteiger charge is 2.08. The number of rotatable bonds is 7. The summed E-state index contributed by atoms with van der Waals surface area (Å²) in [5, 5.41) is 4.43. The lowest BCUT2D eigenvalue weighted by atomic mass is 10.2. The predicted molar refractivity (Wildman–Crippen MR) is 119 cm³/mol. The van der Waals surface area contributed by atoms with Gasteiger partial charge in [-0.05, 0) is 42.0 Å². The maximum Gasteiger partial charge on any atom is 0.120 e. The van der Waals surface area contributed by atoms with Gasteiger partial charge in [0, 0.05) is 27.7 Å². The van der Waals surface area contributed by atoms with Gasteiger partial charge in [-0.3, -0.25) is 0 Å². The van der Waals surface area contributed by atoms with Crippen LogP contribution in [0.3, 0.4) is 0 Å². The minimum atomic E-state index is 0.284. The molecule has 0 unspecified atom stereocenters. The summed E-state index contributed by atoms with van der Waals surface area (Å²) in [7, 11) is 1.65. The van der Waals surface area contributed by atoms with Crippen molar-refractivity contribution < 1.29 is 9.47 Å². The van der Waals surface area contributed by atoms with Crippen LogP contribution in [0.4, 0.5) is 0 Å². The third-order valence-corrected chi connectivity index (χ3v) is 5.22. The van der Waals surface area contributed by atoms with E-state index in [1.54, 1.807) is 25.3 Å². The molecule has 0 saturated heterocycles. The summed E-state index contributed by atoms with van der Waals surface area (Å²) in [4.78, 5) is 0.643. The van der Waals surface area contributed by atoms with Crippen LogP contribution in [0.2, 0.25) is 10.0 Å². The third kappa shape index (κ3) is 5.38. The highest BCUT2D eigenvalue weighted by Crippen LogP contribution is 2.26. The molecule has 0 heterocycles. The standard InChI is InChI=1S/C22H19Cl2NO2S/c1-26-17-7-2-5-15(11-17)13-25-22(28)16-6-3-8-18(12-16)27-14-19-20(23)9-4-10-21(19)24/h2-12H,13-14H2,1H3,(H,25,28). The SMILES string of the molecule is COc1cccc(CNC(=S)c2cccc(OCc3c(Cl)cccc3Cl)c2)c1. The number of hydrogen-bond donors (Lipinski definition) is 1. The number of halogens is 2. The van der Waals surface area contributed by atoms with E-state index in [1.807, 2.05) is 48.5 Å². The molecule has 3 rings (SSSR count). The van der Waals surface area contributed by atoms with Crippen molar-refractivity contribution in [2.24, 2.45) is 0 Å². The summed E-state index contributed by atoms with van der Waals surface area (Å²) in [5.41, 5.74) is 2.72. The van der Waals surface area contributed by atoms with Gasteiger partial charge in [-0.25, -0.2) is 0 Å². The minimum Gasteiger partial charge on any atom is -0.497 e. The van der Waals surface area contributed by atoms with E-state index < -0.39 is 0 Å². The molecule has 0 aromatic heterocycles. The van der Waals surface area contributed by atoms with Crippen molar-refractivity contribution in [1.29, 1.82) is 0 Å². The van der Waals surface area contributed by atoms with Crippen molar-refractivity contribution in [3.63, 3.8) is 0 Å². The van der Waals surface area contributed by atoms with Crippen molar-refractivity contribution in [2.75, 3.05) is 7.11 Å². The van der Waals surface area contributed by atoms with Crippen molar-refractivity contribution in [3.05, 3.63) is 93.5 Å². The lowest BCUT2D eigenvalue weighted by Gasteiger charge is -2.12. The lowest BCUT2D eigenvalue weighted by molar-refractivity contribution is 0.306. The monoisotopic (exact) mass is 431 g/mol. The molecule has 0 atom stereocenters. The molecule has 3 aromatic carbocycles. The molecule has 0 fully saturated rings. The predicted octanol–water partition coefficient (Wildman–Crippen LogP) is 6.05. The number of ether oxygens (including phenoxy) is 2. The molecule has 0 aliphatic rings. The van der Waals surface area contributed by atoms with Crippen LogP contribution in [0.1, 0.15) is 16.7 Å². The third-order valence-electron chi connectivity index (χ3n) is 4.13. The van der Waals surface area contributed by atoms with Crippen molar-refractivity contribution in [1.82, 2.24) is 5.32 Å². The topological polar surface area (TPSA) is 30.5 Å². The second-order valence-electron chi connectivity index (χ2n) is 6.05. The van der Waals surface area contributed by atoms with E-state index in [-0.39, 0.29) is 6.61 Å². The molecule has 6 heteroatoms. The highest BCUT2D eigenvalue weighted by atomic mass is 35.5. The summed E-state index contributed by atoms with van der Waals surface area (Å²) >= 11 is 17.9. The van der Waals surface area contributed by atoms with Crippen LogP contribution in [0.15, 0.2) is 66.7 Å². The first-order chi connectivity index (χ1) is 13.6. The van der Waals surface area contributed by atoms with Crippen LogP contribution >= 0.6 is 35.4 Å². The first-order valence-corrected chi connectivity index (χ1v) is 9.80. The molecule has 0 amide bonds. The maximum atomic E-state index is 6.19. The largest absolute Gasteiger partial charge is 0.497 e. The number of nitrogens with one attached hydrogen (secondary N) is 1. The Bertz CT molecular complexity index is 958. The normalized spacial score (nSPS) is 10.4. The van der Waals surface area contributed by atoms with Gasteiger partial charge in [0.1, 0.15) is 23.1 Å². The van der Waals surface area contributed by atoms with Gasteiger partial charge in [0.25, 0.3) is 0 Å². The fourth-order valence-electron chi connectivity index (χ4n) is 2.62. The zero-order valence-corrected chi connectivity index (χ0v) is 17.6. The summed E-state index contributed by atoms with van der Waals surface area (Å²) in [5.74, 6) is 1.51. The van der Waals surface area contributed by atoms with E-state index in [9.17, 15) is 0 Å². The van der Waals surface area contributed by atoms with Crippen molar-refractivity contribution >= 4 is 40.4 Å². The summed E-state index contributed by atoms with van der Waals surface area (Å²) in [6, 6.07) is 20.9. The van der Waals surface area contributed by atoms with Crippen LogP contribution in [-0.2, 0) is 13.2 Å². The number of benzene rings is 3. The average molecular weight is 432 g/mol. The van der Waals surface area contributed by atoms with Crippen LogP contribution in [0.5, 0.6) is 11.5 Å². The maximum absolute atomic E-state index is 6.19. The molecule has 0 radical (unpaired) electrons. The Morgan fingerprint density at radius 2 is 1.61 bits per heavy atom. The highest BCUT2D eigenvalue weighted by molar-refractivity contribution is 7.80. The van der Waals surface area contributed by atoms with Crippen molar-refractivity contribution in [2.45, 2.75) is 13.2 Å². The van der Waals surface area contributed by atoms with Crippen LogP contribution in [0.25, 0.3) is 0 Å². The van der Waals surface area contributed by atoms with E-state index in [4.69, 9.17) is 44.9 Å². The van der Waals surface area contributed by atoms with Crippen molar-refractivity contribution in [3.8, 4) is 11.5 Å². The van der Waals surface area contributed by atoms with Crippen LogP contribution < -0.4 is 14.8 Å². The van der Waals surface area contributed by atoms with Crippen LogP contribution in [0, 0.1) is 0 Å². The van der Waals surface area contributed by atoms with Gasteiger partial charge in [-0.15, -0.1) is 0 Å². The number of hydrogen-bond acceptors (Lipinski definition) is 3. The second kappa shape index (κ2) is 9.78. The molecule has 0 spiro atoms. The molecule has 0 aliphatic heterocycles. The Kier molecular flexibility index (Phi) is 7.15. The molecule has 3 aromatic rings. The van der Waals surface area contributed by atoms with Gasteiger partial charge in [0.15, 0.2) is 0 Å². The Morgan fingerprint density at radius 3 is 2.36 bits per heavy atom. The zero-order chi connectivity index (χ0) is 19.9. The first kappa shape index (κ1) is 20.5. The van der Waals surface area contributed by atoms with Gasteiger partial charge >= 0.3 is 0 Å². The Morgan fingerprint density at radius 1 is 0.929 bits per heavy atom. The van der Waals surface area contributed by atoms with E-state index in [2.05, 4.69) is 5.32 Å². The Labute approximate surface area is 180 Å². The summed E-state index contributed by atoms with van der Waals surface area (Å²) < 4.78 is 11.1. The first-order valence-electron chi connectivity index (χ1n) is 8.63. The van der Waals surface area contributed by atoms with E-state index >= 15 is 0 Å². The van der Waals surface area contributed by atoms with Gasteiger partial charge in [-0.1, -0.05) is 65.8 Å².